The summed E-state index contributed by atoms with van der Waals surface area (Å²) >= 11 is 9.17. The first kappa shape index (κ1) is 13.4. The maximum atomic E-state index is 12.0. The molecule has 0 bridgehead atoms. The highest BCUT2D eigenvalue weighted by Crippen LogP contribution is 2.58. The summed E-state index contributed by atoms with van der Waals surface area (Å²) in [7, 11) is 0. The predicted octanol–water partition coefficient (Wildman–Crippen LogP) is 3.79. The van der Waals surface area contributed by atoms with Crippen molar-refractivity contribution in [1.29, 1.82) is 0 Å². The Morgan fingerprint density at radius 2 is 1.54 bits per heavy atom. The second kappa shape index (κ2) is 3.88. The third kappa shape index (κ3) is 5.00. The molecule has 0 fully saturated rings. The lowest BCUT2D eigenvalue weighted by atomic mass is 10.3. The Kier molecular flexibility index (Phi) is 4.01. The fraction of sp³-hybridized carbons (Fsp3) is 1.00. The van der Waals surface area contributed by atoms with Gasteiger partial charge in [0.05, 0.1) is 0 Å². The van der Waals surface area contributed by atoms with Crippen LogP contribution in [0.3, 0.4) is 0 Å². The largest absolute Gasteiger partial charge is 0.455 e. The summed E-state index contributed by atoms with van der Waals surface area (Å²) in [4.78, 5) is 0. The Labute approximate surface area is 79.0 Å². The molecule has 0 saturated heterocycles. The maximum Gasteiger partial charge on any atom is 0.455 e. The van der Waals surface area contributed by atoms with E-state index in [1.165, 1.54) is 0 Å². The maximum absolute atomic E-state index is 12.0. The molecule has 2 nitrogen and oxygen atoms in total. The third-order valence-electron chi connectivity index (χ3n) is 0.811. The number of hydrogen-bond acceptors (Lipinski definition) is 2. The number of hydrogen-bond donors (Lipinski definition) is 0. The summed E-state index contributed by atoms with van der Waals surface area (Å²) < 4.78 is 71.8. The Morgan fingerprint density at radius 1 is 1.15 bits per heavy atom. The quantitative estimate of drug-likeness (QED) is 0.574. The number of rotatable bonds is 3. The zero-order valence-corrected chi connectivity index (χ0v) is 8.02. The normalized spacial score (nSPS) is 14.7. The Balaban J connectivity index is 4.29. The van der Waals surface area contributed by atoms with Crippen molar-refractivity contribution in [1.82, 2.24) is 0 Å². The van der Waals surface area contributed by atoms with Crippen LogP contribution < -0.4 is 0 Å². The van der Waals surface area contributed by atoms with Crippen LogP contribution in [0.2, 0.25) is 0 Å². The highest BCUT2D eigenvalue weighted by atomic mass is 35.9. The molecule has 0 aliphatic carbocycles. The topological polar surface area (TPSA) is 26.3 Å². The molecule has 0 aliphatic heterocycles. The van der Waals surface area contributed by atoms with Crippen LogP contribution in [0.1, 0.15) is 0 Å². The molecule has 0 aliphatic rings. The van der Waals surface area contributed by atoms with Crippen LogP contribution in [0.25, 0.3) is 0 Å². The molecule has 0 unspecified atom stereocenters. The number of halogens is 7. The summed E-state index contributed by atoms with van der Waals surface area (Å²) in [6, 6.07) is 0. The SMILES string of the molecule is O=P(Cl)(Cl)OCC(F)(F)C(F)(F)F. The van der Waals surface area contributed by atoms with Gasteiger partial charge in [-0.2, -0.15) is 22.0 Å². The van der Waals surface area contributed by atoms with Gasteiger partial charge in [-0.15, -0.1) is 0 Å². The van der Waals surface area contributed by atoms with Crippen molar-refractivity contribution in [2.45, 2.75) is 12.1 Å². The first-order chi connectivity index (χ1) is 5.46. The van der Waals surface area contributed by atoms with Crippen LogP contribution in [0.4, 0.5) is 22.0 Å². The molecule has 0 radical (unpaired) electrons. The zero-order chi connectivity index (χ0) is 10.9. The molecular formula is C3H2Cl2F5O2P. The van der Waals surface area contributed by atoms with E-state index in [9.17, 15) is 26.5 Å². The minimum atomic E-state index is -5.78. The van der Waals surface area contributed by atoms with E-state index in [1.807, 2.05) is 0 Å². The molecule has 0 heterocycles. The van der Waals surface area contributed by atoms with Crippen molar-refractivity contribution in [2.24, 2.45) is 0 Å². The van der Waals surface area contributed by atoms with Crippen LogP contribution in [0.5, 0.6) is 0 Å². The van der Waals surface area contributed by atoms with E-state index in [0.717, 1.165) is 0 Å². The average molecular weight is 267 g/mol. The minimum Gasteiger partial charge on any atom is -0.300 e. The first-order valence-corrected chi connectivity index (χ1v) is 5.98. The van der Waals surface area contributed by atoms with Gasteiger partial charge in [-0.3, -0.25) is 9.09 Å². The van der Waals surface area contributed by atoms with Crippen molar-refractivity contribution in [3.63, 3.8) is 0 Å². The molecule has 0 aromatic carbocycles. The van der Waals surface area contributed by atoms with Gasteiger partial charge in [-0.05, 0) is 22.5 Å². The summed E-state index contributed by atoms with van der Waals surface area (Å²) in [5.41, 5.74) is 0. The van der Waals surface area contributed by atoms with Crippen LogP contribution in [0, 0.1) is 0 Å². The monoisotopic (exact) mass is 266 g/mol. The number of alkyl halides is 5. The Bertz CT molecular complexity index is 222. The van der Waals surface area contributed by atoms with Crippen LogP contribution in [-0.4, -0.2) is 18.7 Å². The Hall–Kier alpha value is 0.420. The van der Waals surface area contributed by atoms with Gasteiger partial charge in [-0.1, -0.05) is 0 Å². The molecule has 0 aromatic rings. The van der Waals surface area contributed by atoms with Gasteiger partial charge in [0.15, 0.2) is 0 Å². The molecule has 0 atom stereocenters. The van der Waals surface area contributed by atoms with E-state index in [2.05, 4.69) is 27.0 Å². The first-order valence-electron chi connectivity index (χ1n) is 2.54. The van der Waals surface area contributed by atoms with Gasteiger partial charge in [-0.25, -0.2) is 0 Å². The lowest BCUT2D eigenvalue weighted by molar-refractivity contribution is -0.289. The van der Waals surface area contributed by atoms with Gasteiger partial charge in [0.2, 0.25) is 0 Å². The standard InChI is InChI=1S/C3H2Cl2F5O2P/c4-13(5,11)12-1-2(6,7)3(8,9)10/h1H2. The van der Waals surface area contributed by atoms with Crippen LogP contribution in [0.15, 0.2) is 0 Å². The van der Waals surface area contributed by atoms with E-state index < -0.39 is 24.8 Å². The van der Waals surface area contributed by atoms with E-state index in [-0.39, 0.29) is 0 Å². The molecule has 0 aromatic heterocycles. The molecule has 0 rings (SSSR count). The summed E-state index contributed by atoms with van der Waals surface area (Å²) in [6.07, 6.45) is -10.1. The average Bonchev–Trinajstić information content (AvgIpc) is 1.79. The van der Waals surface area contributed by atoms with Gasteiger partial charge in [0.1, 0.15) is 6.61 Å². The van der Waals surface area contributed by atoms with Crippen LogP contribution in [-0.2, 0) is 9.09 Å². The van der Waals surface area contributed by atoms with Crippen molar-refractivity contribution >= 4 is 28.6 Å². The minimum absolute atomic E-state index is 2.17. The van der Waals surface area contributed by atoms with Crippen molar-refractivity contribution in [2.75, 3.05) is 6.61 Å². The molecule has 13 heavy (non-hydrogen) atoms. The highest BCUT2D eigenvalue weighted by molar-refractivity contribution is 8.05. The van der Waals surface area contributed by atoms with Crippen molar-refractivity contribution in [3.8, 4) is 0 Å². The van der Waals surface area contributed by atoms with E-state index in [4.69, 9.17) is 0 Å². The van der Waals surface area contributed by atoms with E-state index in [1.54, 1.807) is 0 Å². The fourth-order valence-corrected chi connectivity index (χ4v) is 0.843. The summed E-state index contributed by atoms with van der Waals surface area (Å²) in [6.45, 7) is -2.17. The van der Waals surface area contributed by atoms with E-state index >= 15 is 0 Å². The molecule has 0 saturated carbocycles. The molecule has 80 valence electrons. The van der Waals surface area contributed by atoms with Gasteiger partial charge < -0.3 is 0 Å². The predicted molar refractivity (Wildman–Crippen MR) is 36.3 cm³/mol. The lowest BCUT2D eigenvalue weighted by Crippen LogP contribution is -2.40. The van der Waals surface area contributed by atoms with E-state index in [0.29, 0.717) is 0 Å². The second-order valence-corrected chi connectivity index (χ2v) is 6.17. The van der Waals surface area contributed by atoms with Crippen molar-refractivity contribution < 1.29 is 31.0 Å². The van der Waals surface area contributed by atoms with Gasteiger partial charge in [0.25, 0.3) is 0 Å². The molecule has 10 heteroatoms. The van der Waals surface area contributed by atoms with Crippen LogP contribution >= 0.6 is 28.6 Å². The lowest BCUT2D eigenvalue weighted by Gasteiger charge is -2.19. The summed E-state index contributed by atoms with van der Waals surface area (Å²) in [5.74, 6) is -5.12. The zero-order valence-electron chi connectivity index (χ0n) is 5.62. The third-order valence-corrected chi connectivity index (χ3v) is 1.83. The smallest absolute Gasteiger partial charge is 0.300 e. The van der Waals surface area contributed by atoms with Gasteiger partial charge >= 0.3 is 18.2 Å². The molecule has 0 N–H and O–H groups in total. The Morgan fingerprint density at radius 3 is 1.77 bits per heavy atom. The summed E-state index contributed by atoms with van der Waals surface area (Å²) in [5, 5.41) is 0. The highest BCUT2D eigenvalue weighted by Gasteiger charge is 2.58. The fourth-order valence-electron chi connectivity index (χ4n) is 0.238. The van der Waals surface area contributed by atoms with Gasteiger partial charge in [0, 0.05) is 0 Å². The molecule has 0 amide bonds. The van der Waals surface area contributed by atoms with Crippen molar-refractivity contribution in [3.05, 3.63) is 0 Å². The molecule has 0 spiro atoms. The second-order valence-electron chi connectivity index (χ2n) is 1.89. The molecular weight excluding hydrogens is 265 g/mol.